The molecule has 2 amide bonds. The summed E-state index contributed by atoms with van der Waals surface area (Å²) in [4.78, 5) is 25.1. The third-order valence-corrected chi connectivity index (χ3v) is 4.46. The van der Waals surface area contributed by atoms with E-state index in [0.717, 1.165) is 12.8 Å². The Morgan fingerprint density at radius 3 is 2.76 bits per heavy atom. The molecule has 2 rings (SSSR count). The van der Waals surface area contributed by atoms with E-state index in [1.54, 1.807) is 18.2 Å². The summed E-state index contributed by atoms with van der Waals surface area (Å²) >= 11 is 11.9. The maximum absolute atomic E-state index is 12.3. The van der Waals surface area contributed by atoms with Gasteiger partial charge in [0.2, 0.25) is 0 Å². The number of hydrogen-bond acceptors (Lipinski definition) is 2. The van der Waals surface area contributed by atoms with E-state index in [4.69, 9.17) is 23.2 Å². The molecule has 7 heteroatoms. The van der Waals surface area contributed by atoms with E-state index in [-0.39, 0.29) is 10.9 Å². The SMILES string of the molecule is CC1CCCN(C(=O)Nc2cccc(Cl)c2Cl)C1C(=O)O. The lowest BCUT2D eigenvalue weighted by atomic mass is 9.91. The molecule has 0 aromatic heterocycles. The molecule has 1 heterocycles. The summed E-state index contributed by atoms with van der Waals surface area (Å²) in [6.07, 6.45) is 1.57. The Labute approximate surface area is 132 Å². The van der Waals surface area contributed by atoms with Gasteiger partial charge in [-0.05, 0) is 30.9 Å². The van der Waals surface area contributed by atoms with Gasteiger partial charge in [-0.15, -0.1) is 0 Å². The zero-order chi connectivity index (χ0) is 15.6. The van der Waals surface area contributed by atoms with Gasteiger partial charge in [0.15, 0.2) is 0 Å². The molecule has 0 aliphatic carbocycles. The first-order valence-corrected chi connectivity index (χ1v) is 7.42. The first-order chi connectivity index (χ1) is 9.91. The fourth-order valence-corrected chi connectivity index (χ4v) is 2.93. The highest BCUT2D eigenvalue weighted by Gasteiger charge is 2.37. The van der Waals surface area contributed by atoms with Crippen LogP contribution >= 0.6 is 23.2 Å². The maximum Gasteiger partial charge on any atom is 0.326 e. The predicted molar refractivity (Wildman–Crippen MR) is 82.0 cm³/mol. The zero-order valence-electron chi connectivity index (χ0n) is 11.5. The quantitative estimate of drug-likeness (QED) is 0.868. The van der Waals surface area contributed by atoms with Gasteiger partial charge < -0.3 is 15.3 Å². The number of carboxylic acids is 1. The van der Waals surface area contributed by atoms with Gasteiger partial charge in [-0.1, -0.05) is 36.2 Å². The molecule has 0 radical (unpaired) electrons. The number of benzene rings is 1. The minimum atomic E-state index is -0.991. The number of likely N-dealkylation sites (tertiary alicyclic amines) is 1. The van der Waals surface area contributed by atoms with Crippen LogP contribution < -0.4 is 5.32 Å². The number of hydrogen-bond donors (Lipinski definition) is 2. The second-order valence-electron chi connectivity index (χ2n) is 5.13. The van der Waals surface area contributed by atoms with Crippen LogP contribution in [0.15, 0.2) is 18.2 Å². The maximum atomic E-state index is 12.3. The number of urea groups is 1. The van der Waals surface area contributed by atoms with E-state index in [9.17, 15) is 14.7 Å². The molecule has 1 aliphatic heterocycles. The standard InChI is InChI=1S/C14H16Cl2N2O3/c1-8-4-3-7-18(12(8)13(19)20)14(21)17-10-6-2-5-9(15)11(10)16/h2,5-6,8,12H,3-4,7H2,1H3,(H,17,21)(H,19,20). The fourth-order valence-electron chi connectivity index (χ4n) is 2.58. The molecule has 2 N–H and O–H groups in total. The van der Waals surface area contributed by atoms with E-state index in [2.05, 4.69) is 5.32 Å². The van der Waals surface area contributed by atoms with Gasteiger partial charge in [-0.25, -0.2) is 9.59 Å². The van der Waals surface area contributed by atoms with Crippen molar-refractivity contribution in [1.82, 2.24) is 4.90 Å². The Kier molecular flexibility index (Phi) is 4.96. The number of piperidine rings is 1. The lowest BCUT2D eigenvalue weighted by molar-refractivity contribution is -0.145. The van der Waals surface area contributed by atoms with E-state index >= 15 is 0 Å². The molecule has 1 aromatic rings. The van der Waals surface area contributed by atoms with Crippen molar-refractivity contribution in [2.75, 3.05) is 11.9 Å². The summed E-state index contributed by atoms with van der Waals surface area (Å²) in [6, 6.07) is 3.60. The number of aliphatic carboxylic acids is 1. The van der Waals surface area contributed by atoms with Crippen LogP contribution in [0.1, 0.15) is 19.8 Å². The number of carboxylic acid groups (broad SMARTS) is 1. The Morgan fingerprint density at radius 1 is 1.38 bits per heavy atom. The first kappa shape index (κ1) is 15.9. The highest BCUT2D eigenvalue weighted by Crippen LogP contribution is 2.30. The van der Waals surface area contributed by atoms with Gasteiger partial charge >= 0.3 is 12.0 Å². The van der Waals surface area contributed by atoms with E-state index in [1.165, 1.54) is 4.90 Å². The lowest BCUT2D eigenvalue weighted by Gasteiger charge is -2.37. The number of anilines is 1. The van der Waals surface area contributed by atoms with Crippen LogP contribution in [0, 0.1) is 5.92 Å². The number of rotatable bonds is 2. The summed E-state index contributed by atoms with van der Waals surface area (Å²) < 4.78 is 0. The molecule has 114 valence electrons. The summed E-state index contributed by atoms with van der Waals surface area (Å²) in [5.74, 6) is -1.08. The molecule has 1 aromatic carbocycles. The van der Waals surface area contributed by atoms with Crippen molar-refractivity contribution in [2.45, 2.75) is 25.8 Å². The van der Waals surface area contributed by atoms with Crippen LogP contribution in [0.5, 0.6) is 0 Å². The topological polar surface area (TPSA) is 69.6 Å². The Bertz CT molecular complexity index is 565. The first-order valence-electron chi connectivity index (χ1n) is 6.66. The summed E-state index contributed by atoms with van der Waals surface area (Å²) in [6.45, 7) is 2.25. The second-order valence-corrected chi connectivity index (χ2v) is 5.91. The monoisotopic (exact) mass is 330 g/mol. The minimum Gasteiger partial charge on any atom is -0.480 e. The highest BCUT2D eigenvalue weighted by atomic mass is 35.5. The van der Waals surface area contributed by atoms with Crippen molar-refractivity contribution in [2.24, 2.45) is 5.92 Å². The van der Waals surface area contributed by atoms with Crippen molar-refractivity contribution >= 4 is 40.9 Å². The summed E-state index contributed by atoms with van der Waals surface area (Å²) in [5, 5.41) is 12.5. The third kappa shape index (κ3) is 3.41. The van der Waals surface area contributed by atoms with Gasteiger partial charge in [-0.2, -0.15) is 0 Å². The molecular weight excluding hydrogens is 315 g/mol. The largest absolute Gasteiger partial charge is 0.480 e. The third-order valence-electron chi connectivity index (χ3n) is 3.64. The molecule has 2 unspecified atom stereocenters. The average Bonchev–Trinajstić information content (AvgIpc) is 2.43. The molecule has 21 heavy (non-hydrogen) atoms. The van der Waals surface area contributed by atoms with Crippen molar-refractivity contribution in [1.29, 1.82) is 0 Å². The Morgan fingerprint density at radius 2 is 2.10 bits per heavy atom. The molecule has 1 aliphatic rings. The molecule has 2 atom stereocenters. The van der Waals surface area contributed by atoms with Crippen LogP contribution in [0.4, 0.5) is 10.5 Å². The average molecular weight is 331 g/mol. The molecule has 5 nitrogen and oxygen atoms in total. The number of nitrogens with zero attached hydrogens (tertiary/aromatic N) is 1. The number of nitrogens with one attached hydrogen (secondary N) is 1. The lowest BCUT2D eigenvalue weighted by Crippen LogP contribution is -2.53. The summed E-state index contributed by atoms with van der Waals surface area (Å²) in [7, 11) is 0. The van der Waals surface area contributed by atoms with E-state index in [1.807, 2.05) is 6.92 Å². The Hall–Kier alpha value is -1.46. The van der Waals surface area contributed by atoms with Gasteiger partial charge in [0.05, 0.1) is 15.7 Å². The zero-order valence-corrected chi connectivity index (χ0v) is 13.0. The van der Waals surface area contributed by atoms with Crippen molar-refractivity contribution in [3.8, 4) is 0 Å². The van der Waals surface area contributed by atoms with Crippen LogP contribution in [-0.2, 0) is 4.79 Å². The van der Waals surface area contributed by atoms with Crippen LogP contribution in [0.25, 0.3) is 0 Å². The fraction of sp³-hybridized carbons (Fsp3) is 0.429. The molecule has 1 fully saturated rings. The van der Waals surface area contributed by atoms with Gasteiger partial charge in [-0.3, -0.25) is 0 Å². The number of halogens is 2. The van der Waals surface area contributed by atoms with Crippen molar-refractivity contribution in [3.05, 3.63) is 28.2 Å². The number of carbonyl (C=O) groups excluding carboxylic acids is 1. The normalized spacial score (nSPS) is 22.0. The molecule has 0 saturated carbocycles. The number of carbonyl (C=O) groups is 2. The molecular formula is C14H16Cl2N2O3. The van der Waals surface area contributed by atoms with Crippen LogP contribution in [-0.4, -0.2) is 34.6 Å². The highest BCUT2D eigenvalue weighted by molar-refractivity contribution is 6.43. The van der Waals surface area contributed by atoms with Crippen molar-refractivity contribution in [3.63, 3.8) is 0 Å². The minimum absolute atomic E-state index is 0.0863. The van der Waals surface area contributed by atoms with Crippen LogP contribution in [0.3, 0.4) is 0 Å². The molecule has 0 bridgehead atoms. The van der Waals surface area contributed by atoms with Gasteiger partial charge in [0.1, 0.15) is 6.04 Å². The second kappa shape index (κ2) is 6.54. The molecule has 0 spiro atoms. The van der Waals surface area contributed by atoms with Crippen molar-refractivity contribution < 1.29 is 14.7 Å². The smallest absolute Gasteiger partial charge is 0.326 e. The Balaban J connectivity index is 2.18. The predicted octanol–water partition coefficient (Wildman–Crippen LogP) is 3.71. The van der Waals surface area contributed by atoms with Gasteiger partial charge in [0.25, 0.3) is 0 Å². The van der Waals surface area contributed by atoms with E-state index < -0.39 is 18.0 Å². The molecule has 1 saturated heterocycles. The van der Waals surface area contributed by atoms with Gasteiger partial charge in [0, 0.05) is 6.54 Å². The van der Waals surface area contributed by atoms with E-state index in [0.29, 0.717) is 17.3 Å². The van der Waals surface area contributed by atoms with Crippen LogP contribution in [0.2, 0.25) is 10.0 Å². The number of amides is 2. The summed E-state index contributed by atoms with van der Waals surface area (Å²) in [5.41, 5.74) is 0.372.